The molecule has 0 aliphatic heterocycles. The molecule has 0 saturated heterocycles. The monoisotopic (exact) mass is 277 g/mol. The number of nitro groups is 1. The van der Waals surface area contributed by atoms with Gasteiger partial charge in [0.1, 0.15) is 5.01 Å². The van der Waals surface area contributed by atoms with Crippen LogP contribution in [-0.4, -0.2) is 16.5 Å². The summed E-state index contributed by atoms with van der Waals surface area (Å²) in [7, 11) is 0. The van der Waals surface area contributed by atoms with Crippen LogP contribution in [0.2, 0.25) is 0 Å². The summed E-state index contributed by atoms with van der Waals surface area (Å²) in [6.07, 6.45) is 1.10. The van der Waals surface area contributed by atoms with Crippen LogP contribution in [0.4, 0.5) is 5.69 Å². The smallest absolute Gasteiger partial charge is 0.269 e. The molecule has 1 N–H and O–H groups in total. The van der Waals surface area contributed by atoms with E-state index in [1.807, 2.05) is 5.38 Å². The van der Waals surface area contributed by atoms with Crippen LogP contribution in [0.15, 0.2) is 29.6 Å². The van der Waals surface area contributed by atoms with E-state index in [2.05, 4.69) is 17.2 Å². The van der Waals surface area contributed by atoms with E-state index in [-0.39, 0.29) is 5.69 Å². The van der Waals surface area contributed by atoms with Gasteiger partial charge in [-0.1, -0.05) is 6.92 Å². The molecule has 100 valence electrons. The van der Waals surface area contributed by atoms with Gasteiger partial charge in [0.25, 0.3) is 5.69 Å². The number of aromatic nitrogens is 1. The molecule has 1 aromatic heterocycles. The minimum absolute atomic E-state index is 0.102. The lowest BCUT2D eigenvalue weighted by molar-refractivity contribution is -0.384. The fourth-order valence-corrected chi connectivity index (χ4v) is 2.47. The summed E-state index contributed by atoms with van der Waals surface area (Å²) in [4.78, 5) is 14.7. The number of hydrogen-bond acceptors (Lipinski definition) is 5. The second kappa shape index (κ2) is 6.40. The Morgan fingerprint density at radius 2 is 2.11 bits per heavy atom. The zero-order chi connectivity index (χ0) is 13.7. The summed E-state index contributed by atoms with van der Waals surface area (Å²) in [5, 5.41) is 16.8. The molecule has 0 radical (unpaired) electrons. The van der Waals surface area contributed by atoms with Crippen molar-refractivity contribution in [2.45, 2.75) is 19.9 Å². The van der Waals surface area contributed by atoms with Crippen molar-refractivity contribution in [1.29, 1.82) is 0 Å². The van der Waals surface area contributed by atoms with Gasteiger partial charge in [-0.3, -0.25) is 10.1 Å². The molecule has 0 atom stereocenters. The molecule has 19 heavy (non-hydrogen) atoms. The summed E-state index contributed by atoms with van der Waals surface area (Å²) in [5.74, 6) is 0. The van der Waals surface area contributed by atoms with Crippen LogP contribution in [0, 0.1) is 10.1 Å². The SMILES string of the molecule is CCCNCc1csc(-c2ccc([N+](=O)[O-])cc2)n1. The molecule has 6 heteroatoms. The van der Waals surface area contributed by atoms with E-state index in [0.29, 0.717) is 0 Å². The van der Waals surface area contributed by atoms with E-state index in [1.54, 1.807) is 23.5 Å². The highest BCUT2D eigenvalue weighted by atomic mass is 32.1. The molecule has 2 aromatic rings. The number of rotatable bonds is 6. The van der Waals surface area contributed by atoms with Crippen molar-refractivity contribution < 1.29 is 4.92 Å². The molecular formula is C13H15N3O2S. The summed E-state index contributed by atoms with van der Waals surface area (Å²) in [6, 6.07) is 6.48. The third kappa shape index (κ3) is 3.59. The maximum atomic E-state index is 10.6. The molecule has 1 heterocycles. The van der Waals surface area contributed by atoms with Crippen molar-refractivity contribution >= 4 is 17.0 Å². The number of hydrogen-bond donors (Lipinski definition) is 1. The molecule has 0 unspecified atom stereocenters. The molecule has 0 saturated carbocycles. The van der Waals surface area contributed by atoms with Gasteiger partial charge in [0, 0.05) is 29.6 Å². The Morgan fingerprint density at radius 1 is 1.37 bits per heavy atom. The third-order valence-corrected chi connectivity index (χ3v) is 3.55. The topological polar surface area (TPSA) is 68.1 Å². The van der Waals surface area contributed by atoms with E-state index < -0.39 is 4.92 Å². The van der Waals surface area contributed by atoms with Crippen LogP contribution >= 0.6 is 11.3 Å². The lowest BCUT2D eigenvalue weighted by Crippen LogP contribution is -2.13. The van der Waals surface area contributed by atoms with Gasteiger partial charge in [-0.2, -0.15) is 0 Å². The number of nitro benzene ring substituents is 1. The molecule has 1 aromatic carbocycles. The van der Waals surface area contributed by atoms with Crippen LogP contribution in [0.25, 0.3) is 10.6 Å². The highest BCUT2D eigenvalue weighted by Gasteiger charge is 2.08. The Balaban J connectivity index is 2.07. The van der Waals surface area contributed by atoms with Crippen molar-refractivity contribution in [2.75, 3.05) is 6.54 Å². The van der Waals surface area contributed by atoms with Gasteiger partial charge < -0.3 is 5.32 Å². The lowest BCUT2D eigenvalue weighted by atomic mass is 10.2. The van der Waals surface area contributed by atoms with E-state index in [0.717, 1.165) is 35.8 Å². The highest BCUT2D eigenvalue weighted by molar-refractivity contribution is 7.13. The van der Waals surface area contributed by atoms with Crippen molar-refractivity contribution in [3.63, 3.8) is 0 Å². The highest BCUT2D eigenvalue weighted by Crippen LogP contribution is 2.25. The van der Waals surface area contributed by atoms with Gasteiger partial charge in [0.2, 0.25) is 0 Å². The van der Waals surface area contributed by atoms with Gasteiger partial charge in [-0.25, -0.2) is 4.98 Å². The van der Waals surface area contributed by atoms with Crippen molar-refractivity contribution in [3.05, 3.63) is 45.5 Å². The fourth-order valence-electron chi connectivity index (χ4n) is 1.64. The maximum absolute atomic E-state index is 10.6. The average molecular weight is 277 g/mol. The molecule has 0 amide bonds. The number of non-ortho nitro benzene ring substituents is 1. The van der Waals surface area contributed by atoms with Crippen LogP contribution in [0.5, 0.6) is 0 Å². The summed E-state index contributed by atoms with van der Waals surface area (Å²) < 4.78 is 0. The largest absolute Gasteiger partial charge is 0.311 e. The molecule has 0 aliphatic rings. The van der Waals surface area contributed by atoms with Crippen LogP contribution in [-0.2, 0) is 6.54 Å². The first-order valence-electron chi connectivity index (χ1n) is 6.10. The molecule has 0 bridgehead atoms. The zero-order valence-electron chi connectivity index (χ0n) is 10.6. The van der Waals surface area contributed by atoms with Gasteiger partial charge in [-0.15, -0.1) is 11.3 Å². The first kappa shape index (κ1) is 13.6. The van der Waals surface area contributed by atoms with Gasteiger partial charge in [0.15, 0.2) is 0 Å². The molecule has 0 fully saturated rings. The second-order valence-electron chi connectivity index (χ2n) is 4.12. The third-order valence-electron chi connectivity index (χ3n) is 2.61. The van der Waals surface area contributed by atoms with Crippen LogP contribution < -0.4 is 5.32 Å². The lowest BCUT2D eigenvalue weighted by Gasteiger charge is -1.98. The molecule has 0 spiro atoms. The van der Waals surface area contributed by atoms with Gasteiger partial charge in [0.05, 0.1) is 10.6 Å². The molecule has 0 aliphatic carbocycles. The Hall–Kier alpha value is -1.79. The predicted octanol–water partition coefficient (Wildman–Crippen LogP) is 3.22. The van der Waals surface area contributed by atoms with E-state index in [1.165, 1.54) is 12.1 Å². The number of benzene rings is 1. The van der Waals surface area contributed by atoms with E-state index >= 15 is 0 Å². The Morgan fingerprint density at radius 3 is 2.74 bits per heavy atom. The standard InChI is InChI=1S/C13H15N3O2S/c1-2-7-14-8-11-9-19-13(15-11)10-3-5-12(6-4-10)16(17)18/h3-6,9,14H,2,7-8H2,1H3. The summed E-state index contributed by atoms with van der Waals surface area (Å²) in [5.41, 5.74) is 2.02. The zero-order valence-corrected chi connectivity index (χ0v) is 11.4. The van der Waals surface area contributed by atoms with E-state index in [4.69, 9.17) is 0 Å². The van der Waals surface area contributed by atoms with Gasteiger partial charge in [-0.05, 0) is 25.1 Å². The first-order chi connectivity index (χ1) is 9.20. The van der Waals surface area contributed by atoms with E-state index in [9.17, 15) is 10.1 Å². The number of nitrogens with one attached hydrogen (secondary N) is 1. The van der Waals surface area contributed by atoms with Crippen LogP contribution in [0.1, 0.15) is 19.0 Å². The second-order valence-corrected chi connectivity index (χ2v) is 4.98. The van der Waals surface area contributed by atoms with Crippen molar-refractivity contribution in [2.24, 2.45) is 0 Å². The minimum Gasteiger partial charge on any atom is -0.311 e. The Kier molecular flexibility index (Phi) is 4.59. The summed E-state index contributed by atoms with van der Waals surface area (Å²) >= 11 is 1.55. The van der Waals surface area contributed by atoms with Gasteiger partial charge >= 0.3 is 0 Å². The van der Waals surface area contributed by atoms with Crippen molar-refractivity contribution in [1.82, 2.24) is 10.3 Å². The Labute approximate surface area is 115 Å². The van der Waals surface area contributed by atoms with Crippen LogP contribution in [0.3, 0.4) is 0 Å². The number of thiazole rings is 1. The summed E-state index contributed by atoms with van der Waals surface area (Å²) in [6.45, 7) is 3.86. The first-order valence-corrected chi connectivity index (χ1v) is 6.98. The fraction of sp³-hybridized carbons (Fsp3) is 0.308. The molecular weight excluding hydrogens is 262 g/mol. The quantitative estimate of drug-likeness (QED) is 0.500. The maximum Gasteiger partial charge on any atom is 0.269 e. The molecule has 2 rings (SSSR count). The minimum atomic E-state index is -0.397. The van der Waals surface area contributed by atoms with Crippen molar-refractivity contribution in [3.8, 4) is 10.6 Å². The molecule has 5 nitrogen and oxygen atoms in total. The number of nitrogens with zero attached hydrogens (tertiary/aromatic N) is 2. The predicted molar refractivity (Wildman–Crippen MR) is 76.2 cm³/mol. The Bertz CT molecular complexity index is 551. The average Bonchev–Trinajstić information content (AvgIpc) is 2.88. The normalized spacial score (nSPS) is 10.6.